The van der Waals surface area contributed by atoms with Gasteiger partial charge >= 0.3 is 0 Å². The standard InChI is InChI=1S/C21H26N8O/c1-13-26-17-4-3-14(9-16(17)20(22)27-13)11-23-21(30)18-10-19(25-12-24-18)28-15-5-7-29(2)8-6-15/h3-4,9-10,12,15H,5-8,11H2,1-2H3,(H,23,30)(H2,22,26,27)(H,24,25,28). The molecule has 1 aliphatic heterocycles. The summed E-state index contributed by atoms with van der Waals surface area (Å²) < 4.78 is 0. The zero-order chi connectivity index (χ0) is 21.1. The maximum Gasteiger partial charge on any atom is 0.270 e. The van der Waals surface area contributed by atoms with E-state index in [0.29, 0.717) is 35.7 Å². The molecule has 2 aromatic heterocycles. The minimum Gasteiger partial charge on any atom is -0.383 e. The highest BCUT2D eigenvalue weighted by Gasteiger charge is 2.17. The van der Waals surface area contributed by atoms with E-state index in [1.54, 1.807) is 6.07 Å². The van der Waals surface area contributed by atoms with E-state index >= 15 is 0 Å². The van der Waals surface area contributed by atoms with Gasteiger partial charge in [0.15, 0.2) is 0 Å². The number of anilines is 2. The van der Waals surface area contributed by atoms with E-state index in [1.165, 1.54) is 6.33 Å². The van der Waals surface area contributed by atoms with Crippen molar-refractivity contribution >= 4 is 28.4 Å². The molecule has 4 rings (SSSR count). The van der Waals surface area contributed by atoms with Crippen LogP contribution in [0.5, 0.6) is 0 Å². The molecule has 156 valence electrons. The average Bonchev–Trinajstić information content (AvgIpc) is 2.74. The van der Waals surface area contributed by atoms with Crippen LogP contribution >= 0.6 is 0 Å². The molecule has 9 heteroatoms. The van der Waals surface area contributed by atoms with Crippen LogP contribution in [-0.4, -0.2) is 56.9 Å². The Morgan fingerprint density at radius 1 is 1.20 bits per heavy atom. The lowest BCUT2D eigenvalue weighted by atomic mass is 10.1. The maximum absolute atomic E-state index is 12.6. The predicted octanol–water partition coefficient (Wildman–Crippen LogP) is 1.75. The number of nitrogens with two attached hydrogens (primary N) is 1. The van der Waals surface area contributed by atoms with Gasteiger partial charge in [-0.15, -0.1) is 0 Å². The second kappa shape index (κ2) is 8.58. The van der Waals surface area contributed by atoms with Crippen molar-refractivity contribution in [2.45, 2.75) is 32.4 Å². The van der Waals surface area contributed by atoms with Crippen LogP contribution < -0.4 is 16.4 Å². The lowest BCUT2D eigenvalue weighted by Gasteiger charge is -2.29. The van der Waals surface area contributed by atoms with Crippen molar-refractivity contribution in [1.29, 1.82) is 0 Å². The van der Waals surface area contributed by atoms with E-state index < -0.39 is 0 Å². The number of piperidine rings is 1. The Morgan fingerprint density at radius 2 is 2.00 bits per heavy atom. The SMILES string of the molecule is Cc1nc(N)c2cc(CNC(=O)c3cc(NC4CCN(C)CC4)ncn3)ccc2n1. The van der Waals surface area contributed by atoms with Crippen molar-refractivity contribution < 1.29 is 4.79 Å². The first-order valence-corrected chi connectivity index (χ1v) is 10.1. The first kappa shape index (κ1) is 20.0. The fourth-order valence-corrected chi connectivity index (χ4v) is 3.63. The highest BCUT2D eigenvalue weighted by atomic mass is 16.1. The lowest BCUT2D eigenvalue weighted by Crippen LogP contribution is -2.37. The number of amides is 1. The largest absolute Gasteiger partial charge is 0.383 e. The normalized spacial score (nSPS) is 15.3. The number of carbonyl (C=O) groups excluding carboxylic acids is 1. The Morgan fingerprint density at radius 3 is 2.80 bits per heavy atom. The highest BCUT2D eigenvalue weighted by Crippen LogP contribution is 2.19. The van der Waals surface area contributed by atoms with Crippen LogP contribution in [0.4, 0.5) is 11.6 Å². The zero-order valence-corrected chi connectivity index (χ0v) is 17.2. The van der Waals surface area contributed by atoms with Gasteiger partial charge in [-0.1, -0.05) is 6.07 Å². The van der Waals surface area contributed by atoms with Crippen molar-refractivity contribution in [1.82, 2.24) is 30.2 Å². The molecule has 1 fully saturated rings. The molecule has 3 heterocycles. The number of hydrogen-bond acceptors (Lipinski definition) is 8. The average molecular weight is 406 g/mol. The Labute approximate surface area is 175 Å². The second-order valence-electron chi connectivity index (χ2n) is 7.70. The Bertz CT molecular complexity index is 1060. The van der Waals surface area contributed by atoms with E-state index in [-0.39, 0.29) is 5.91 Å². The van der Waals surface area contributed by atoms with Crippen LogP contribution in [0.1, 0.15) is 34.7 Å². The smallest absolute Gasteiger partial charge is 0.270 e. The first-order chi connectivity index (χ1) is 14.5. The summed E-state index contributed by atoms with van der Waals surface area (Å²) in [5.41, 5.74) is 8.04. The molecule has 4 N–H and O–H groups in total. The summed E-state index contributed by atoms with van der Waals surface area (Å²) in [4.78, 5) is 31.9. The molecule has 30 heavy (non-hydrogen) atoms. The van der Waals surface area contributed by atoms with E-state index in [4.69, 9.17) is 5.73 Å². The summed E-state index contributed by atoms with van der Waals surface area (Å²) in [6.45, 7) is 4.26. The summed E-state index contributed by atoms with van der Waals surface area (Å²) in [6, 6.07) is 7.76. The van der Waals surface area contributed by atoms with E-state index in [9.17, 15) is 4.79 Å². The summed E-state index contributed by atoms with van der Waals surface area (Å²) in [5.74, 6) is 1.49. The van der Waals surface area contributed by atoms with Crippen LogP contribution in [0, 0.1) is 6.92 Å². The number of likely N-dealkylation sites (tertiary alicyclic amines) is 1. The molecule has 0 saturated carbocycles. The molecule has 0 spiro atoms. The number of nitrogens with one attached hydrogen (secondary N) is 2. The predicted molar refractivity (Wildman–Crippen MR) is 116 cm³/mol. The van der Waals surface area contributed by atoms with Crippen molar-refractivity contribution in [3.8, 4) is 0 Å². The Balaban J connectivity index is 1.40. The third kappa shape index (κ3) is 4.62. The molecular weight excluding hydrogens is 380 g/mol. The van der Waals surface area contributed by atoms with Gasteiger partial charge in [0.1, 0.15) is 29.5 Å². The van der Waals surface area contributed by atoms with Crippen molar-refractivity contribution in [3.63, 3.8) is 0 Å². The third-order valence-electron chi connectivity index (χ3n) is 5.32. The number of nitrogens with zero attached hydrogens (tertiary/aromatic N) is 5. The number of aryl methyl sites for hydroxylation is 1. The molecule has 0 atom stereocenters. The number of rotatable bonds is 5. The molecular formula is C21H26N8O. The van der Waals surface area contributed by atoms with Crippen LogP contribution in [-0.2, 0) is 6.54 Å². The van der Waals surface area contributed by atoms with E-state index in [0.717, 1.165) is 42.4 Å². The number of carbonyl (C=O) groups is 1. The van der Waals surface area contributed by atoms with Gasteiger partial charge in [0.2, 0.25) is 0 Å². The molecule has 9 nitrogen and oxygen atoms in total. The topological polar surface area (TPSA) is 122 Å². The zero-order valence-electron chi connectivity index (χ0n) is 17.2. The monoisotopic (exact) mass is 406 g/mol. The molecule has 1 saturated heterocycles. The number of nitrogen functional groups attached to an aromatic ring is 1. The van der Waals surface area contributed by atoms with Gasteiger partial charge in [-0.05, 0) is 57.6 Å². The molecule has 1 aliphatic rings. The Kier molecular flexibility index (Phi) is 5.71. The summed E-state index contributed by atoms with van der Waals surface area (Å²) in [7, 11) is 2.13. The van der Waals surface area contributed by atoms with Gasteiger partial charge in [0.05, 0.1) is 5.52 Å². The summed E-state index contributed by atoms with van der Waals surface area (Å²) in [5, 5.41) is 7.09. The quantitative estimate of drug-likeness (QED) is 0.586. The molecule has 0 aliphatic carbocycles. The number of aromatic nitrogens is 4. The molecule has 0 radical (unpaired) electrons. The lowest BCUT2D eigenvalue weighted by molar-refractivity contribution is 0.0946. The van der Waals surface area contributed by atoms with Gasteiger partial charge in [-0.3, -0.25) is 4.79 Å². The highest BCUT2D eigenvalue weighted by molar-refractivity contribution is 5.93. The molecule has 1 amide bonds. The van der Waals surface area contributed by atoms with Gasteiger partial charge < -0.3 is 21.3 Å². The van der Waals surface area contributed by atoms with Crippen LogP contribution in [0.2, 0.25) is 0 Å². The molecule has 3 aromatic rings. The number of hydrogen-bond donors (Lipinski definition) is 3. The molecule has 0 bridgehead atoms. The van der Waals surface area contributed by atoms with E-state index in [1.807, 2.05) is 25.1 Å². The van der Waals surface area contributed by atoms with Crippen molar-refractivity contribution in [3.05, 3.63) is 47.7 Å². The molecule has 1 aromatic carbocycles. The summed E-state index contributed by atoms with van der Waals surface area (Å²) in [6.07, 6.45) is 3.52. The molecule has 0 unspecified atom stereocenters. The van der Waals surface area contributed by atoms with Crippen LogP contribution in [0.25, 0.3) is 10.9 Å². The van der Waals surface area contributed by atoms with Crippen molar-refractivity contribution in [2.75, 3.05) is 31.2 Å². The van der Waals surface area contributed by atoms with Gasteiger partial charge in [-0.25, -0.2) is 19.9 Å². The van der Waals surface area contributed by atoms with E-state index in [2.05, 4.69) is 42.5 Å². The van der Waals surface area contributed by atoms with Crippen LogP contribution in [0.15, 0.2) is 30.6 Å². The minimum atomic E-state index is -0.253. The van der Waals surface area contributed by atoms with Gasteiger partial charge in [0.25, 0.3) is 5.91 Å². The van der Waals surface area contributed by atoms with Gasteiger partial charge in [-0.2, -0.15) is 0 Å². The summed E-state index contributed by atoms with van der Waals surface area (Å²) >= 11 is 0. The van der Waals surface area contributed by atoms with Gasteiger partial charge in [0, 0.05) is 24.0 Å². The number of benzene rings is 1. The third-order valence-corrected chi connectivity index (χ3v) is 5.32. The van der Waals surface area contributed by atoms with Crippen LogP contribution in [0.3, 0.4) is 0 Å². The first-order valence-electron chi connectivity index (χ1n) is 10.1. The number of fused-ring (bicyclic) bond motifs is 1. The fraction of sp³-hybridized carbons (Fsp3) is 0.381. The van der Waals surface area contributed by atoms with Crippen molar-refractivity contribution in [2.24, 2.45) is 0 Å². The fourth-order valence-electron chi connectivity index (χ4n) is 3.63. The second-order valence-corrected chi connectivity index (χ2v) is 7.70. The Hall–Kier alpha value is -3.33. The minimum absolute atomic E-state index is 0.253. The maximum atomic E-state index is 12.6.